The first-order valence-corrected chi connectivity index (χ1v) is 6.17. The molecule has 1 aliphatic rings. The third kappa shape index (κ3) is 2.47. The zero-order valence-electron chi connectivity index (χ0n) is 10.3. The summed E-state index contributed by atoms with van der Waals surface area (Å²) in [6.45, 7) is 7.24. The van der Waals surface area contributed by atoms with Gasteiger partial charge in [-0.15, -0.1) is 0 Å². The highest BCUT2D eigenvalue weighted by atomic mass is 16.3. The highest BCUT2D eigenvalue weighted by Crippen LogP contribution is 2.24. The smallest absolute Gasteiger partial charge is 0.120 e. The van der Waals surface area contributed by atoms with Gasteiger partial charge in [0.05, 0.1) is 12.8 Å². The third-order valence-electron chi connectivity index (χ3n) is 3.76. The van der Waals surface area contributed by atoms with Gasteiger partial charge in [0.1, 0.15) is 5.76 Å². The molecule has 0 spiro atoms. The molecule has 0 aliphatic carbocycles. The predicted octanol–water partition coefficient (Wildman–Crippen LogP) is 2.15. The highest BCUT2D eigenvalue weighted by molar-refractivity contribution is 5.14. The van der Waals surface area contributed by atoms with Crippen molar-refractivity contribution in [3.8, 4) is 0 Å². The van der Waals surface area contributed by atoms with Gasteiger partial charge in [0, 0.05) is 12.6 Å². The van der Waals surface area contributed by atoms with E-state index in [0.717, 1.165) is 25.4 Å². The van der Waals surface area contributed by atoms with Crippen molar-refractivity contribution < 1.29 is 4.42 Å². The Labute approximate surface area is 97.6 Å². The number of rotatable bonds is 3. The van der Waals surface area contributed by atoms with Gasteiger partial charge >= 0.3 is 0 Å². The molecule has 1 aromatic rings. The Hall–Kier alpha value is -0.800. The third-order valence-corrected chi connectivity index (χ3v) is 3.76. The summed E-state index contributed by atoms with van der Waals surface area (Å²) in [5.41, 5.74) is 7.02. The fraction of sp³-hybridized carbons (Fsp3) is 0.692. The molecule has 0 amide bonds. The molecule has 0 radical (unpaired) electrons. The summed E-state index contributed by atoms with van der Waals surface area (Å²) in [4.78, 5) is 2.49. The molecule has 0 bridgehead atoms. The molecule has 90 valence electrons. The van der Waals surface area contributed by atoms with Crippen molar-refractivity contribution in [2.24, 2.45) is 11.7 Å². The number of piperidine rings is 1. The second kappa shape index (κ2) is 5.02. The quantitative estimate of drug-likeness (QED) is 0.852. The zero-order valence-corrected chi connectivity index (χ0v) is 10.3. The van der Waals surface area contributed by atoms with E-state index in [9.17, 15) is 0 Å². The molecule has 1 aromatic heterocycles. The van der Waals surface area contributed by atoms with Crippen LogP contribution in [0.25, 0.3) is 0 Å². The number of nitrogens with zero attached hydrogens (tertiary/aromatic N) is 1. The minimum Gasteiger partial charge on any atom is -0.468 e. The molecule has 0 saturated carbocycles. The van der Waals surface area contributed by atoms with E-state index >= 15 is 0 Å². The Kier molecular flexibility index (Phi) is 3.66. The van der Waals surface area contributed by atoms with E-state index in [2.05, 4.69) is 18.7 Å². The summed E-state index contributed by atoms with van der Waals surface area (Å²) >= 11 is 0. The van der Waals surface area contributed by atoms with Crippen LogP contribution < -0.4 is 5.73 Å². The lowest BCUT2D eigenvalue weighted by atomic mass is 9.93. The molecule has 2 rings (SSSR count). The van der Waals surface area contributed by atoms with Crippen molar-refractivity contribution in [2.45, 2.75) is 39.3 Å². The molecule has 2 atom stereocenters. The lowest BCUT2D eigenvalue weighted by Gasteiger charge is -2.37. The average molecular weight is 222 g/mol. The summed E-state index contributed by atoms with van der Waals surface area (Å²) in [5, 5.41) is 0. The van der Waals surface area contributed by atoms with E-state index in [-0.39, 0.29) is 0 Å². The van der Waals surface area contributed by atoms with Crippen LogP contribution in [0.15, 0.2) is 16.7 Å². The average Bonchev–Trinajstić information content (AvgIpc) is 2.68. The van der Waals surface area contributed by atoms with Gasteiger partial charge in [0.2, 0.25) is 0 Å². The minimum atomic E-state index is 0.646. The molecule has 1 fully saturated rings. The fourth-order valence-corrected chi connectivity index (χ4v) is 2.43. The molecular weight excluding hydrogens is 200 g/mol. The first kappa shape index (κ1) is 11.7. The van der Waals surface area contributed by atoms with Crippen LogP contribution in [-0.4, -0.2) is 24.0 Å². The Balaban J connectivity index is 1.99. The Morgan fingerprint density at radius 3 is 2.94 bits per heavy atom. The van der Waals surface area contributed by atoms with Crippen LogP contribution in [0, 0.1) is 12.8 Å². The van der Waals surface area contributed by atoms with Gasteiger partial charge in [-0.05, 0) is 50.8 Å². The standard InChI is InChI=1S/C13H22N2O/c1-10-5-6-16-13(10)9-15-8-12(7-14)4-3-11(15)2/h5-6,11-12H,3-4,7-9,14H2,1-2H3. The Bertz CT molecular complexity index is 334. The molecular formula is C13H22N2O. The number of furan rings is 1. The summed E-state index contributed by atoms with van der Waals surface area (Å²) < 4.78 is 5.51. The molecule has 1 saturated heterocycles. The lowest BCUT2D eigenvalue weighted by Crippen LogP contribution is -2.43. The molecule has 2 N–H and O–H groups in total. The van der Waals surface area contributed by atoms with Crippen LogP contribution in [0.4, 0.5) is 0 Å². The zero-order chi connectivity index (χ0) is 11.5. The maximum absolute atomic E-state index is 5.76. The Morgan fingerprint density at radius 2 is 2.31 bits per heavy atom. The van der Waals surface area contributed by atoms with E-state index in [1.807, 2.05) is 6.07 Å². The lowest BCUT2D eigenvalue weighted by molar-refractivity contribution is 0.105. The van der Waals surface area contributed by atoms with E-state index in [1.54, 1.807) is 6.26 Å². The molecule has 2 unspecified atom stereocenters. The fourth-order valence-electron chi connectivity index (χ4n) is 2.43. The number of hydrogen-bond acceptors (Lipinski definition) is 3. The van der Waals surface area contributed by atoms with Crippen molar-refractivity contribution in [1.82, 2.24) is 4.90 Å². The molecule has 3 nitrogen and oxygen atoms in total. The van der Waals surface area contributed by atoms with Crippen molar-refractivity contribution in [3.05, 3.63) is 23.7 Å². The predicted molar refractivity (Wildman–Crippen MR) is 65.1 cm³/mol. The largest absolute Gasteiger partial charge is 0.468 e. The van der Waals surface area contributed by atoms with Gasteiger partial charge in [-0.25, -0.2) is 0 Å². The number of nitrogens with two attached hydrogens (primary N) is 1. The van der Waals surface area contributed by atoms with E-state index in [0.29, 0.717) is 12.0 Å². The Morgan fingerprint density at radius 1 is 1.50 bits per heavy atom. The van der Waals surface area contributed by atoms with Crippen LogP contribution in [0.5, 0.6) is 0 Å². The highest BCUT2D eigenvalue weighted by Gasteiger charge is 2.25. The number of aryl methyl sites for hydroxylation is 1. The maximum Gasteiger partial charge on any atom is 0.120 e. The summed E-state index contributed by atoms with van der Waals surface area (Å²) in [6, 6.07) is 2.68. The normalized spacial score (nSPS) is 27.2. The first-order chi connectivity index (χ1) is 7.70. The van der Waals surface area contributed by atoms with Crippen LogP contribution in [0.1, 0.15) is 31.1 Å². The molecule has 3 heteroatoms. The van der Waals surface area contributed by atoms with Gasteiger partial charge in [-0.1, -0.05) is 0 Å². The van der Waals surface area contributed by atoms with E-state index in [1.165, 1.54) is 18.4 Å². The van der Waals surface area contributed by atoms with Crippen LogP contribution in [0.2, 0.25) is 0 Å². The maximum atomic E-state index is 5.76. The SMILES string of the molecule is Cc1ccoc1CN1CC(CN)CCC1C. The summed E-state index contributed by atoms with van der Waals surface area (Å²) in [5.74, 6) is 1.76. The van der Waals surface area contributed by atoms with E-state index < -0.39 is 0 Å². The monoisotopic (exact) mass is 222 g/mol. The first-order valence-electron chi connectivity index (χ1n) is 6.17. The second-order valence-electron chi connectivity index (χ2n) is 4.98. The van der Waals surface area contributed by atoms with Gasteiger partial charge in [-0.2, -0.15) is 0 Å². The number of hydrogen-bond donors (Lipinski definition) is 1. The second-order valence-corrected chi connectivity index (χ2v) is 4.98. The molecule has 2 heterocycles. The summed E-state index contributed by atoms with van der Waals surface area (Å²) in [7, 11) is 0. The van der Waals surface area contributed by atoms with Crippen molar-refractivity contribution in [1.29, 1.82) is 0 Å². The van der Waals surface area contributed by atoms with Gasteiger partial charge in [0.25, 0.3) is 0 Å². The van der Waals surface area contributed by atoms with Crippen molar-refractivity contribution >= 4 is 0 Å². The minimum absolute atomic E-state index is 0.646. The van der Waals surface area contributed by atoms with Crippen LogP contribution in [-0.2, 0) is 6.54 Å². The van der Waals surface area contributed by atoms with Gasteiger partial charge in [0.15, 0.2) is 0 Å². The van der Waals surface area contributed by atoms with E-state index in [4.69, 9.17) is 10.2 Å². The molecule has 1 aliphatic heterocycles. The van der Waals surface area contributed by atoms with Gasteiger partial charge < -0.3 is 10.2 Å². The topological polar surface area (TPSA) is 42.4 Å². The van der Waals surface area contributed by atoms with Gasteiger partial charge in [-0.3, -0.25) is 4.90 Å². The van der Waals surface area contributed by atoms with Crippen molar-refractivity contribution in [3.63, 3.8) is 0 Å². The van der Waals surface area contributed by atoms with Crippen molar-refractivity contribution in [2.75, 3.05) is 13.1 Å². The number of likely N-dealkylation sites (tertiary alicyclic amines) is 1. The van der Waals surface area contributed by atoms with Crippen LogP contribution in [0.3, 0.4) is 0 Å². The summed E-state index contributed by atoms with van der Waals surface area (Å²) in [6.07, 6.45) is 4.30. The molecule has 0 aromatic carbocycles. The molecule has 16 heavy (non-hydrogen) atoms. The van der Waals surface area contributed by atoms with Crippen LogP contribution >= 0.6 is 0 Å².